The highest BCUT2D eigenvalue weighted by Gasteiger charge is 1.87. The zero-order valence-electron chi connectivity index (χ0n) is 7.11. The molecule has 0 saturated carbocycles. The van der Waals surface area contributed by atoms with Gasteiger partial charge in [-0.1, -0.05) is 18.2 Å². The lowest BCUT2D eigenvalue weighted by Crippen LogP contribution is -1.94. The van der Waals surface area contributed by atoms with Crippen LogP contribution < -0.4 is 0 Å². The van der Waals surface area contributed by atoms with Crippen LogP contribution in [0.25, 0.3) is 0 Å². The first-order valence-corrected chi connectivity index (χ1v) is 3.57. The normalized spacial score (nSPS) is 11.7. The molecule has 0 aromatic rings. The van der Waals surface area contributed by atoms with Crippen LogP contribution in [-0.2, 0) is 4.74 Å². The molecule has 0 aliphatic heterocycles. The first-order valence-electron chi connectivity index (χ1n) is 3.57. The van der Waals surface area contributed by atoms with Crippen LogP contribution in [0.1, 0.15) is 20.8 Å². The van der Waals surface area contributed by atoms with Crippen molar-refractivity contribution in [3.63, 3.8) is 0 Å². The zero-order valence-corrected chi connectivity index (χ0v) is 7.11. The molecule has 0 aromatic carbocycles. The molecule has 0 radical (unpaired) electrons. The Bertz CT molecular complexity index is 134. The van der Waals surface area contributed by atoms with Crippen LogP contribution in [-0.4, -0.2) is 13.2 Å². The topological polar surface area (TPSA) is 9.23 Å². The van der Waals surface area contributed by atoms with E-state index in [0.717, 1.165) is 18.8 Å². The summed E-state index contributed by atoms with van der Waals surface area (Å²) >= 11 is 0. The van der Waals surface area contributed by atoms with Gasteiger partial charge in [-0.15, -0.1) is 0 Å². The van der Waals surface area contributed by atoms with Crippen LogP contribution in [0.2, 0.25) is 0 Å². The second kappa shape index (κ2) is 5.24. The fraction of sp³-hybridized carbons (Fsp3) is 0.556. The minimum absolute atomic E-state index is 0.726. The van der Waals surface area contributed by atoms with Gasteiger partial charge in [-0.05, 0) is 26.3 Å². The summed E-state index contributed by atoms with van der Waals surface area (Å²) in [5.74, 6) is 0. The van der Waals surface area contributed by atoms with Gasteiger partial charge in [-0.2, -0.15) is 0 Å². The second-order valence-corrected chi connectivity index (χ2v) is 2.47. The molecule has 0 spiro atoms. The van der Waals surface area contributed by atoms with Crippen molar-refractivity contribution in [3.8, 4) is 0 Å². The Morgan fingerprint density at radius 2 is 2.10 bits per heavy atom. The minimum atomic E-state index is 0.726. The van der Waals surface area contributed by atoms with E-state index in [9.17, 15) is 0 Å². The van der Waals surface area contributed by atoms with Crippen molar-refractivity contribution < 1.29 is 4.74 Å². The lowest BCUT2D eigenvalue weighted by molar-refractivity contribution is 0.171. The fourth-order valence-corrected chi connectivity index (χ4v) is 0.725. The zero-order chi connectivity index (χ0) is 7.98. The summed E-state index contributed by atoms with van der Waals surface area (Å²) in [6, 6.07) is 0. The van der Waals surface area contributed by atoms with E-state index in [1.54, 1.807) is 0 Å². The molecule has 1 heteroatoms. The Kier molecular flexibility index (Phi) is 4.95. The molecule has 0 bridgehead atoms. The third-order valence-corrected chi connectivity index (χ3v) is 1.03. The van der Waals surface area contributed by atoms with Crippen molar-refractivity contribution in [2.75, 3.05) is 13.2 Å². The molecular weight excluding hydrogens is 124 g/mol. The van der Waals surface area contributed by atoms with Crippen LogP contribution in [0.4, 0.5) is 0 Å². The molecule has 0 aromatic heterocycles. The summed E-state index contributed by atoms with van der Waals surface area (Å²) in [5, 5.41) is 0. The van der Waals surface area contributed by atoms with Crippen molar-refractivity contribution in [2.45, 2.75) is 20.8 Å². The average Bonchev–Trinajstić information content (AvgIpc) is 1.82. The van der Waals surface area contributed by atoms with Gasteiger partial charge in [0.05, 0.1) is 6.61 Å². The number of rotatable bonds is 4. The van der Waals surface area contributed by atoms with Crippen LogP contribution >= 0.6 is 0 Å². The molecule has 0 aliphatic carbocycles. The van der Waals surface area contributed by atoms with Gasteiger partial charge < -0.3 is 4.74 Å². The molecule has 10 heavy (non-hydrogen) atoms. The van der Waals surface area contributed by atoms with E-state index in [-0.39, 0.29) is 0 Å². The summed E-state index contributed by atoms with van der Waals surface area (Å²) in [5.41, 5.74) is 2.31. The molecule has 0 aliphatic rings. The fourth-order valence-electron chi connectivity index (χ4n) is 0.725. The molecular formula is C9H16O. The third kappa shape index (κ3) is 5.57. The minimum Gasteiger partial charge on any atom is -0.377 e. The van der Waals surface area contributed by atoms with Gasteiger partial charge in [0, 0.05) is 6.61 Å². The molecule has 0 N–H and O–H groups in total. The largest absolute Gasteiger partial charge is 0.377 e. The van der Waals surface area contributed by atoms with E-state index in [2.05, 4.69) is 6.58 Å². The van der Waals surface area contributed by atoms with Gasteiger partial charge in [0.25, 0.3) is 0 Å². The van der Waals surface area contributed by atoms with Crippen molar-refractivity contribution in [3.05, 3.63) is 23.8 Å². The summed E-state index contributed by atoms with van der Waals surface area (Å²) in [6.45, 7) is 11.3. The van der Waals surface area contributed by atoms with Gasteiger partial charge in [0.2, 0.25) is 0 Å². The highest BCUT2D eigenvalue weighted by Crippen LogP contribution is 1.98. The smallest absolute Gasteiger partial charge is 0.0677 e. The van der Waals surface area contributed by atoms with E-state index in [1.165, 1.54) is 5.57 Å². The van der Waals surface area contributed by atoms with Crippen molar-refractivity contribution in [2.24, 2.45) is 0 Å². The predicted molar refractivity (Wildman–Crippen MR) is 45.1 cm³/mol. The summed E-state index contributed by atoms with van der Waals surface area (Å²) in [7, 11) is 0. The van der Waals surface area contributed by atoms with Crippen LogP contribution in [0.15, 0.2) is 23.8 Å². The summed E-state index contributed by atoms with van der Waals surface area (Å²) < 4.78 is 5.19. The van der Waals surface area contributed by atoms with E-state index in [4.69, 9.17) is 4.74 Å². The number of ether oxygens (including phenoxy) is 1. The highest BCUT2D eigenvalue weighted by atomic mass is 16.5. The maximum absolute atomic E-state index is 5.19. The van der Waals surface area contributed by atoms with Crippen molar-refractivity contribution in [1.29, 1.82) is 0 Å². The molecule has 0 fully saturated rings. The van der Waals surface area contributed by atoms with E-state index < -0.39 is 0 Å². The first-order chi connectivity index (χ1) is 4.66. The number of hydrogen-bond donors (Lipinski definition) is 0. The lowest BCUT2D eigenvalue weighted by atomic mass is 10.2. The van der Waals surface area contributed by atoms with Crippen molar-refractivity contribution >= 4 is 0 Å². The summed E-state index contributed by atoms with van der Waals surface area (Å²) in [6.07, 6.45) is 2.04. The van der Waals surface area contributed by atoms with Gasteiger partial charge in [-0.25, -0.2) is 0 Å². The van der Waals surface area contributed by atoms with Crippen molar-refractivity contribution in [1.82, 2.24) is 0 Å². The Hall–Kier alpha value is -0.560. The Labute approximate surface area is 63.4 Å². The van der Waals surface area contributed by atoms with Crippen LogP contribution in [0, 0.1) is 0 Å². The SMILES string of the molecule is C=C(C)C=C(C)COCC. The molecule has 0 unspecified atom stereocenters. The van der Waals surface area contributed by atoms with Gasteiger partial charge >= 0.3 is 0 Å². The Balaban J connectivity index is 3.60. The maximum atomic E-state index is 5.19. The molecule has 0 amide bonds. The molecule has 0 rings (SSSR count). The monoisotopic (exact) mass is 140 g/mol. The molecule has 0 atom stereocenters. The second-order valence-electron chi connectivity index (χ2n) is 2.47. The van der Waals surface area contributed by atoms with Gasteiger partial charge in [0.1, 0.15) is 0 Å². The summed E-state index contributed by atoms with van der Waals surface area (Å²) in [4.78, 5) is 0. The number of hydrogen-bond acceptors (Lipinski definition) is 1. The highest BCUT2D eigenvalue weighted by molar-refractivity contribution is 5.17. The Morgan fingerprint density at radius 3 is 2.50 bits per heavy atom. The van der Waals surface area contributed by atoms with Gasteiger partial charge in [0.15, 0.2) is 0 Å². The van der Waals surface area contributed by atoms with E-state index in [1.807, 2.05) is 26.8 Å². The van der Waals surface area contributed by atoms with Gasteiger partial charge in [-0.3, -0.25) is 0 Å². The molecule has 0 saturated heterocycles. The molecule has 1 nitrogen and oxygen atoms in total. The van der Waals surface area contributed by atoms with Crippen LogP contribution in [0.3, 0.4) is 0 Å². The van der Waals surface area contributed by atoms with E-state index in [0.29, 0.717) is 0 Å². The van der Waals surface area contributed by atoms with E-state index >= 15 is 0 Å². The lowest BCUT2D eigenvalue weighted by Gasteiger charge is -2.00. The predicted octanol–water partition coefficient (Wildman–Crippen LogP) is 2.55. The first kappa shape index (κ1) is 9.44. The standard InChI is InChI=1S/C9H16O/c1-5-10-7-9(4)6-8(2)3/h6H,2,5,7H2,1,3-4H3. The quantitative estimate of drug-likeness (QED) is 0.545. The molecule has 0 heterocycles. The van der Waals surface area contributed by atoms with Crippen LogP contribution in [0.5, 0.6) is 0 Å². The number of allylic oxidation sites excluding steroid dienone is 2. The maximum Gasteiger partial charge on any atom is 0.0677 e. The molecule has 58 valence electrons. The third-order valence-electron chi connectivity index (χ3n) is 1.03. The Morgan fingerprint density at radius 1 is 1.50 bits per heavy atom. The average molecular weight is 140 g/mol.